The topological polar surface area (TPSA) is 123 Å². The van der Waals surface area contributed by atoms with Gasteiger partial charge in [-0.05, 0) is 66.6 Å². The average molecular weight is 521 g/mol. The number of nitrogens with one attached hydrogen (secondary N) is 2. The Balaban J connectivity index is 1.67. The summed E-state index contributed by atoms with van der Waals surface area (Å²) in [6, 6.07) is 13.1. The van der Waals surface area contributed by atoms with E-state index in [-0.39, 0.29) is 34.2 Å². The molecule has 0 unspecified atom stereocenters. The zero-order valence-electron chi connectivity index (χ0n) is 18.8. The number of primary sulfonamides is 1. The summed E-state index contributed by atoms with van der Waals surface area (Å²) in [6.07, 6.45) is -4.50. The van der Waals surface area contributed by atoms with E-state index < -0.39 is 28.6 Å². The number of aryl methyl sites for hydroxylation is 1. The van der Waals surface area contributed by atoms with Crippen molar-refractivity contribution >= 4 is 32.8 Å². The first-order valence-electron chi connectivity index (χ1n) is 10.5. The van der Waals surface area contributed by atoms with Crippen LogP contribution in [-0.4, -0.2) is 36.1 Å². The van der Waals surface area contributed by atoms with Gasteiger partial charge in [-0.2, -0.15) is 18.2 Å². The van der Waals surface area contributed by atoms with Crippen LogP contribution in [0.25, 0.3) is 22.3 Å². The van der Waals surface area contributed by atoms with Crippen LogP contribution in [0.15, 0.2) is 59.5 Å². The lowest BCUT2D eigenvalue weighted by atomic mass is 10.1. The molecule has 0 radical (unpaired) electrons. The van der Waals surface area contributed by atoms with E-state index in [0.29, 0.717) is 22.4 Å². The van der Waals surface area contributed by atoms with Crippen LogP contribution >= 0.6 is 0 Å². The molecule has 2 aromatic carbocycles. The zero-order chi connectivity index (χ0) is 26.1. The summed E-state index contributed by atoms with van der Waals surface area (Å²) in [6.45, 7) is 0.529. The van der Waals surface area contributed by atoms with Gasteiger partial charge in [-0.15, -0.1) is 0 Å². The molecule has 8 nitrogen and oxygen atoms in total. The lowest BCUT2D eigenvalue weighted by Gasteiger charge is -2.14. The molecule has 2 aromatic heterocycles. The molecule has 36 heavy (non-hydrogen) atoms. The van der Waals surface area contributed by atoms with E-state index in [1.54, 1.807) is 25.1 Å². The number of nitrogens with zero attached hydrogens (tertiary/aromatic N) is 3. The highest BCUT2D eigenvalue weighted by atomic mass is 32.2. The SMILES string of the molecule is Cc1cc(S(N)(=O)=O)ccc1CNc1nc(NCC(F)(F)F)c2nc(-c3ccc(F)cc3)ccc2n1. The van der Waals surface area contributed by atoms with Crippen molar-refractivity contribution in [2.45, 2.75) is 24.5 Å². The van der Waals surface area contributed by atoms with Crippen molar-refractivity contribution in [2.75, 3.05) is 17.2 Å². The Morgan fingerprint density at radius 2 is 1.67 bits per heavy atom. The van der Waals surface area contributed by atoms with E-state index >= 15 is 0 Å². The minimum absolute atomic E-state index is 0.0348. The number of halogens is 4. The fraction of sp³-hybridized carbons (Fsp3) is 0.174. The maximum atomic E-state index is 13.3. The Morgan fingerprint density at radius 1 is 0.944 bits per heavy atom. The highest BCUT2D eigenvalue weighted by Crippen LogP contribution is 2.27. The molecule has 0 aliphatic heterocycles. The van der Waals surface area contributed by atoms with E-state index in [4.69, 9.17) is 5.14 Å². The molecule has 0 saturated carbocycles. The highest BCUT2D eigenvalue weighted by molar-refractivity contribution is 7.89. The van der Waals surface area contributed by atoms with Gasteiger partial charge < -0.3 is 10.6 Å². The largest absolute Gasteiger partial charge is 0.405 e. The van der Waals surface area contributed by atoms with Gasteiger partial charge in [0.1, 0.15) is 17.9 Å². The Labute approximate surface area is 203 Å². The monoisotopic (exact) mass is 520 g/mol. The summed E-state index contributed by atoms with van der Waals surface area (Å²) in [5.74, 6) is -0.524. The van der Waals surface area contributed by atoms with Gasteiger partial charge in [0.2, 0.25) is 16.0 Å². The minimum atomic E-state index is -4.50. The van der Waals surface area contributed by atoms with E-state index in [1.165, 1.54) is 36.4 Å². The zero-order valence-corrected chi connectivity index (χ0v) is 19.6. The van der Waals surface area contributed by atoms with Crippen LogP contribution in [0, 0.1) is 12.7 Å². The second-order valence-corrected chi connectivity index (χ2v) is 9.48. The molecule has 0 amide bonds. The number of alkyl halides is 3. The third kappa shape index (κ3) is 6.04. The number of hydrogen-bond acceptors (Lipinski definition) is 7. The number of sulfonamides is 1. The summed E-state index contributed by atoms with van der Waals surface area (Å²) in [4.78, 5) is 12.9. The minimum Gasteiger partial charge on any atom is -0.359 e. The number of nitrogens with two attached hydrogens (primary N) is 1. The van der Waals surface area contributed by atoms with Gasteiger partial charge in [-0.1, -0.05) is 6.07 Å². The lowest BCUT2D eigenvalue weighted by molar-refractivity contribution is -0.115. The molecule has 0 bridgehead atoms. The molecule has 4 N–H and O–H groups in total. The van der Waals surface area contributed by atoms with Gasteiger partial charge in [0.25, 0.3) is 0 Å². The van der Waals surface area contributed by atoms with Crippen molar-refractivity contribution in [2.24, 2.45) is 5.14 Å². The summed E-state index contributed by atoms with van der Waals surface area (Å²) in [7, 11) is -3.85. The van der Waals surface area contributed by atoms with Crippen molar-refractivity contribution in [3.05, 3.63) is 71.5 Å². The number of rotatable bonds is 7. The van der Waals surface area contributed by atoms with Gasteiger partial charge >= 0.3 is 6.18 Å². The first kappa shape index (κ1) is 25.3. The van der Waals surface area contributed by atoms with Crippen LogP contribution in [0.5, 0.6) is 0 Å². The lowest BCUT2D eigenvalue weighted by Crippen LogP contribution is -2.22. The molecular formula is C23H20F4N6O2S. The standard InChI is InChI=1S/C23H20F4N6O2S/c1-13-10-17(36(28,34)35)7-4-15(13)11-29-22-32-19-9-8-18(14-2-5-16(24)6-3-14)31-20(19)21(33-22)30-12-23(25,26)27/h2-10H,11-12H2,1H3,(H2,28,34,35)(H2,29,30,32,33). The molecule has 0 fully saturated rings. The molecule has 0 saturated heterocycles. The number of benzene rings is 2. The van der Waals surface area contributed by atoms with Crippen LogP contribution < -0.4 is 15.8 Å². The number of pyridine rings is 1. The van der Waals surface area contributed by atoms with Crippen molar-refractivity contribution in [3.63, 3.8) is 0 Å². The normalized spacial score (nSPS) is 12.1. The average Bonchev–Trinajstić information content (AvgIpc) is 2.81. The van der Waals surface area contributed by atoms with Crippen LogP contribution in [0.2, 0.25) is 0 Å². The van der Waals surface area contributed by atoms with Gasteiger partial charge in [0.05, 0.1) is 16.1 Å². The second kappa shape index (κ2) is 9.66. The maximum absolute atomic E-state index is 13.3. The van der Waals surface area contributed by atoms with Gasteiger partial charge in [-0.3, -0.25) is 0 Å². The summed E-state index contributed by atoms with van der Waals surface area (Å²) in [5, 5.41) is 10.4. The first-order chi connectivity index (χ1) is 16.9. The molecule has 4 aromatic rings. The van der Waals surface area contributed by atoms with Crippen LogP contribution in [0.4, 0.5) is 29.3 Å². The maximum Gasteiger partial charge on any atom is 0.405 e. The highest BCUT2D eigenvalue weighted by Gasteiger charge is 2.27. The Bertz CT molecular complexity index is 1530. The first-order valence-corrected chi connectivity index (χ1v) is 12.1. The predicted molar refractivity (Wildman–Crippen MR) is 127 cm³/mol. The van der Waals surface area contributed by atoms with E-state index in [0.717, 1.165) is 0 Å². The molecule has 2 heterocycles. The molecule has 0 spiro atoms. The fourth-order valence-corrected chi connectivity index (χ4v) is 4.00. The molecule has 0 atom stereocenters. The third-order valence-electron chi connectivity index (χ3n) is 5.22. The van der Waals surface area contributed by atoms with Gasteiger partial charge in [-0.25, -0.2) is 27.9 Å². The third-order valence-corrected chi connectivity index (χ3v) is 6.13. The fourth-order valence-electron chi connectivity index (χ4n) is 3.40. The van der Waals surface area contributed by atoms with E-state index in [1.807, 2.05) is 0 Å². The molecule has 0 aliphatic rings. The number of hydrogen-bond donors (Lipinski definition) is 3. The number of fused-ring (bicyclic) bond motifs is 1. The molecule has 188 valence electrons. The number of aromatic nitrogens is 3. The van der Waals surface area contributed by atoms with Gasteiger partial charge in [0.15, 0.2) is 5.82 Å². The van der Waals surface area contributed by atoms with Crippen molar-refractivity contribution < 1.29 is 26.0 Å². The molecule has 4 rings (SSSR count). The molecule has 13 heteroatoms. The second-order valence-electron chi connectivity index (χ2n) is 7.92. The Kier molecular flexibility index (Phi) is 6.78. The molecular weight excluding hydrogens is 500 g/mol. The van der Waals surface area contributed by atoms with E-state index in [9.17, 15) is 26.0 Å². The summed E-state index contributed by atoms with van der Waals surface area (Å²) >= 11 is 0. The quantitative estimate of drug-likeness (QED) is 0.309. The van der Waals surface area contributed by atoms with Crippen molar-refractivity contribution in [3.8, 4) is 11.3 Å². The van der Waals surface area contributed by atoms with Crippen molar-refractivity contribution in [1.29, 1.82) is 0 Å². The van der Waals surface area contributed by atoms with Crippen LogP contribution in [0.1, 0.15) is 11.1 Å². The van der Waals surface area contributed by atoms with Gasteiger partial charge in [0, 0.05) is 12.1 Å². The smallest absolute Gasteiger partial charge is 0.359 e. The Hall–Kier alpha value is -3.84. The Morgan fingerprint density at radius 3 is 2.31 bits per heavy atom. The summed E-state index contributed by atoms with van der Waals surface area (Å²) in [5.41, 5.74) is 2.72. The van der Waals surface area contributed by atoms with Crippen LogP contribution in [0.3, 0.4) is 0 Å². The van der Waals surface area contributed by atoms with Crippen LogP contribution in [-0.2, 0) is 16.6 Å². The van der Waals surface area contributed by atoms with E-state index in [2.05, 4.69) is 25.6 Å². The summed E-state index contributed by atoms with van der Waals surface area (Å²) < 4.78 is 75.1. The molecule has 0 aliphatic carbocycles. The number of anilines is 2. The van der Waals surface area contributed by atoms with Crippen molar-refractivity contribution in [1.82, 2.24) is 15.0 Å². The predicted octanol–water partition coefficient (Wildman–Crippen LogP) is 4.37.